The Morgan fingerprint density at radius 3 is 2.45 bits per heavy atom. The summed E-state index contributed by atoms with van der Waals surface area (Å²) >= 11 is 0. The van der Waals surface area contributed by atoms with Crippen LogP contribution in [0.5, 0.6) is 0 Å². The van der Waals surface area contributed by atoms with Gasteiger partial charge in [0.1, 0.15) is 5.82 Å². The number of rotatable bonds is 4. The van der Waals surface area contributed by atoms with Crippen molar-refractivity contribution in [2.45, 2.75) is 12.5 Å². The maximum absolute atomic E-state index is 13.4. The van der Waals surface area contributed by atoms with E-state index in [9.17, 15) is 9.18 Å². The van der Waals surface area contributed by atoms with Crippen molar-refractivity contribution < 1.29 is 13.9 Å². The average molecular weight is 273 g/mol. The summed E-state index contributed by atoms with van der Waals surface area (Å²) in [6.07, 6.45) is 0. The number of benzene rings is 2. The van der Waals surface area contributed by atoms with E-state index in [1.54, 1.807) is 19.1 Å². The second-order valence-electron chi connectivity index (χ2n) is 4.62. The Kier molecular flexibility index (Phi) is 4.03. The van der Waals surface area contributed by atoms with Crippen LogP contribution in [-0.4, -0.2) is 13.1 Å². The van der Waals surface area contributed by atoms with Crippen LogP contribution in [0.25, 0.3) is 0 Å². The fraction of sp³-hybridized carbons (Fsp3) is 0.188. The van der Waals surface area contributed by atoms with E-state index in [1.165, 1.54) is 19.2 Å². The SMILES string of the molecule is COC(=O)C(C)(Nc1ccccc1)c1cccc(F)c1. The number of halogens is 1. The van der Waals surface area contributed by atoms with Crippen molar-refractivity contribution in [3.05, 3.63) is 66.0 Å². The fourth-order valence-electron chi connectivity index (χ4n) is 2.05. The molecule has 2 aromatic rings. The first-order valence-corrected chi connectivity index (χ1v) is 6.24. The smallest absolute Gasteiger partial charge is 0.335 e. The molecule has 0 aliphatic rings. The predicted octanol–water partition coefficient (Wildman–Crippen LogP) is 3.33. The van der Waals surface area contributed by atoms with Gasteiger partial charge in [-0.3, -0.25) is 0 Å². The van der Waals surface area contributed by atoms with Crippen molar-refractivity contribution in [1.29, 1.82) is 0 Å². The number of ether oxygens (including phenoxy) is 1. The van der Waals surface area contributed by atoms with Gasteiger partial charge < -0.3 is 10.1 Å². The Bertz CT molecular complexity index is 600. The maximum Gasteiger partial charge on any atom is 0.335 e. The van der Waals surface area contributed by atoms with Gasteiger partial charge in [-0.1, -0.05) is 30.3 Å². The molecule has 0 fully saturated rings. The molecule has 1 atom stereocenters. The highest BCUT2D eigenvalue weighted by atomic mass is 19.1. The molecule has 0 saturated carbocycles. The van der Waals surface area contributed by atoms with Gasteiger partial charge in [-0.15, -0.1) is 0 Å². The number of esters is 1. The Balaban J connectivity index is 2.43. The third-order valence-corrected chi connectivity index (χ3v) is 3.16. The first kappa shape index (κ1) is 14.1. The highest BCUT2D eigenvalue weighted by Crippen LogP contribution is 2.28. The summed E-state index contributed by atoms with van der Waals surface area (Å²) in [5.74, 6) is -0.876. The Labute approximate surface area is 117 Å². The van der Waals surface area contributed by atoms with E-state index in [0.717, 1.165) is 5.69 Å². The molecule has 0 bridgehead atoms. The topological polar surface area (TPSA) is 38.3 Å². The van der Waals surface area contributed by atoms with E-state index < -0.39 is 17.3 Å². The summed E-state index contributed by atoms with van der Waals surface area (Å²) in [5.41, 5.74) is 0.107. The van der Waals surface area contributed by atoms with Crippen LogP contribution >= 0.6 is 0 Å². The van der Waals surface area contributed by atoms with Gasteiger partial charge in [-0.05, 0) is 36.8 Å². The highest BCUT2D eigenvalue weighted by Gasteiger charge is 2.36. The number of anilines is 1. The molecule has 0 aliphatic carbocycles. The molecule has 1 N–H and O–H groups in total. The summed E-state index contributed by atoms with van der Waals surface area (Å²) in [7, 11) is 1.31. The molecule has 3 nitrogen and oxygen atoms in total. The van der Waals surface area contributed by atoms with E-state index in [4.69, 9.17) is 4.74 Å². The molecule has 0 saturated heterocycles. The second-order valence-corrected chi connectivity index (χ2v) is 4.62. The standard InChI is InChI=1S/C16H16FNO2/c1-16(15(19)20-2,12-7-6-8-13(17)11-12)18-14-9-4-3-5-10-14/h3-11,18H,1-2H3. The van der Waals surface area contributed by atoms with E-state index >= 15 is 0 Å². The lowest BCUT2D eigenvalue weighted by molar-refractivity contribution is -0.145. The first-order chi connectivity index (χ1) is 9.56. The quantitative estimate of drug-likeness (QED) is 0.868. The molecule has 0 radical (unpaired) electrons. The molecule has 104 valence electrons. The maximum atomic E-state index is 13.4. The van der Waals surface area contributed by atoms with Gasteiger partial charge in [0.05, 0.1) is 7.11 Å². The van der Waals surface area contributed by atoms with Gasteiger partial charge in [0.2, 0.25) is 0 Å². The molecule has 2 aromatic carbocycles. The average Bonchev–Trinajstić information content (AvgIpc) is 2.47. The van der Waals surface area contributed by atoms with E-state index in [1.807, 2.05) is 30.3 Å². The molecule has 2 rings (SSSR count). The minimum atomic E-state index is -1.15. The van der Waals surface area contributed by atoms with Crippen molar-refractivity contribution in [3.63, 3.8) is 0 Å². The van der Waals surface area contributed by atoms with E-state index in [0.29, 0.717) is 5.56 Å². The highest BCUT2D eigenvalue weighted by molar-refractivity contribution is 5.85. The summed E-state index contributed by atoms with van der Waals surface area (Å²) in [6.45, 7) is 1.67. The molecule has 4 heteroatoms. The van der Waals surface area contributed by atoms with Crippen molar-refractivity contribution in [2.75, 3.05) is 12.4 Å². The molecular weight excluding hydrogens is 257 g/mol. The van der Waals surface area contributed by atoms with Crippen molar-refractivity contribution in [3.8, 4) is 0 Å². The number of hydrogen-bond donors (Lipinski definition) is 1. The van der Waals surface area contributed by atoms with Gasteiger partial charge in [0.15, 0.2) is 5.54 Å². The van der Waals surface area contributed by atoms with Gasteiger partial charge >= 0.3 is 5.97 Å². The lowest BCUT2D eigenvalue weighted by atomic mass is 9.91. The lowest BCUT2D eigenvalue weighted by Crippen LogP contribution is -2.41. The Morgan fingerprint density at radius 2 is 1.85 bits per heavy atom. The predicted molar refractivity (Wildman–Crippen MR) is 75.8 cm³/mol. The van der Waals surface area contributed by atoms with Crippen LogP contribution in [0.4, 0.5) is 10.1 Å². The summed E-state index contributed by atoms with van der Waals surface area (Å²) in [6, 6.07) is 15.2. The second kappa shape index (κ2) is 5.74. The largest absolute Gasteiger partial charge is 0.467 e. The molecule has 0 heterocycles. The Morgan fingerprint density at radius 1 is 1.15 bits per heavy atom. The van der Waals surface area contributed by atoms with Crippen LogP contribution in [0.15, 0.2) is 54.6 Å². The summed E-state index contributed by atoms with van der Waals surface area (Å²) in [4.78, 5) is 12.1. The summed E-state index contributed by atoms with van der Waals surface area (Å²) < 4.78 is 18.3. The third-order valence-electron chi connectivity index (χ3n) is 3.16. The zero-order valence-electron chi connectivity index (χ0n) is 11.4. The summed E-state index contributed by atoms with van der Waals surface area (Å²) in [5, 5.41) is 3.11. The van der Waals surface area contributed by atoms with Gasteiger partial charge in [0, 0.05) is 5.69 Å². The first-order valence-electron chi connectivity index (χ1n) is 6.24. The van der Waals surface area contributed by atoms with Crippen molar-refractivity contribution in [2.24, 2.45) is 0 Å². The van der Waals surface area contributed by atoms with Crippen LogP contribution in [0.2, 0.25) is 0 Å². The van der Waals surface area contributed by atoms with Crippen LogP contribution in [0.1, 0.15) is 12.5 Å². The number of carbonyl (C=O) groups is 1. The number of nitrogens with one attached hydrogen (secondary N) is 1. The van der Waals surface area contributed by atoms with Crippen LogP contribution in [0, 0.1) is 5.82 Å². The van der Waals surface area contributed by atoms with Gasteiger partial charge in [-0.2, -0.15) is 0 Å². The number of methoxy groups -OCH3 is 1. The van der Waals surface area contributed by atoms with Crippen LogP contribution < -0.4 is 5.32 Å². The minimum Gasteiger partial charge on any atom is -0.467 e. The fourth-order valence-corrected chi connectivity index (χ4v) is 2.05. The number of carbonyl (C=O) groups excluding carboxylic acids is 1. The Hall–Kier alpha value is -2.36. The minimum absolute atomic E-state index is 0.396. The van der Waals surface area contributed by atoms with Crippen LogP contribution in [-0.2, 0) is 15.1 Å². The molecular formula is C16H16FNO2. The normalized spacial score (nSPS) is 13.3. The van der Waals surface area contributed by atoms with Gasteiger partial charge in [-0.25, -0.2) is 9.18 Å². The zero-order valence-corrected chi connectivity index (χ0v) is 11.4. The van der Waals surface area contributed by atoms with Gasteiger partial charge in [0.25, 0.3) is 0 Å². The van der Waals surface area contributed by atoms with Crippen molar-refractivity contribution >= 4 is 11.7 Å². The van der Waals surface area contributed by atoms with Crippen molar-refractivity contribution in [1.82, 2.24) is 0 Å². The zero-order chi connectivity index (χ0) is 14.6. The molecule has 0 spiro atoms. The van der Waals surface area contributed by atoms with E-state index in [2.05, 4.69) is 5.32 Å². The molecule has 0 aromatic heterocycles. The lowest BCUT2D eigenvalue weighted by Gasteiger charge is -2.29. The molecule has 0 amide bonds. The molecule has 0 aliphatic heterocycles. The monoisotopic (exact) mass is 273 g/mol. The third kappa shape index (κ3) is 2.79. The van der Waals surface area contributed by atoms with Crippen LogP contribution in [0.3, 0.4) is 0 Å². The number of para-hydroxylation sites is 1. The molecule has 1 unspecified atom stereocenters. The number of hydrogen-bond acceptors (Lipinski definition) is 3. The molecule has 20 heavy (non-hydrogen) atoms. The van der Waals surface area contributed by atoms with E-state index in [-0.39, 0.29) is 0 Å².